The number of piperidine rings is 1. The average molecular weight is 472 g/mol. The minimum atomic E-state index is -0.681. The molecule has 4 heterocycles. The third-order valence-electron chi connectivity index (χ3n) is 6.48. The number of aromatic nitrogens is 3. The van der Waals surface area contributed by atoms with Gasteiger partial charge in [-0.1, -0.05) is 12.1 Å². The largest absolute Gasteiger partial charge is 0.394 e. The number of hydrogen-bond donors (Lipinski definition) is 3. The Morgan fingerprint density at radius 2 is 1.86 bits per heavy atom. The van der Waals surface area contributed by atoms with E-state index in [9.17, 15) is 9.90 Å². The van der Waals surface area contributed by atoms with Crippen LogP contribution in [0.1, 0.15) is 40.2 Å². The van der Waals surface area contributed by atoms with Crippen LogP contribution in [0.3, 0.4) is 0 Å². The van der Waals surface area contributed by atoms with E-state index in [1.807, 2.05) is 18.2 Å². The highest BCUT2D eigenvalue weighted by Crippen LogP contribution is 2.32. The van der Waals surface area contributed by atoms with Crippen molar-refractivity contribution in [2.75, 3.05) is 31.6 Å². The van der Waals surface area contributed by atoms with Crippen molar-refractivity contribution < 1.29 is 15.0 Å². The maximum absolute atomic E-state index is 12.6. The third kappa shape index (κ3) is 5.22. The summed E-state index contributed by atoms with van der Waals surface area (Å²) in [6.45, 7) is 2.10. The van der Waals surface area contributed by atoms with E-state index in [1.54, 1.807) is 18.5 Å². The minimum absolute atomic E-state index is 0.204. The number of anilines is 2. The van der Waals surface area contributed by atoms with Gasteiger partial charge in [-0.2, -0.15) is 0 Å². The summed E-state index contributed by atoms with van der Waals surface area (Å²) in [5.74, 6) is 0.565. The third-order valence-corrected chi connectivity index (χ3v) is 6.48. The van der Waals surface area contributed by atoms with Crippen molar-refractivity contribution in [1.29, 1.82) is 0 Å². The van der Waals surface area contributed by atoms with Crippen molar-refractivity contribution in [3.8, 4) is 11.3 Å². The molecule has 0 saturated carbocycles. The van der Waals surface area contributed by atoms with Gasteiger partial charge in [0.05, 0.1) is 24.0 Å². The molecule has 0 spiro atoms. The molecule has 3 N–H and O–H groups in total. The van der Waals surface area contributed by atoms with E-state index in [-0.39, 0.29) is 12.5 Å². The Morgan fingerprint density at radius 1 is 1.11 bits per heavy atom. The number of rotatable bonds is 7. The second-order valence-corrected chi connectivity index (χ2v) is 8.86. The first kappa shape index (κ1) is 23.1. The van der Waals surface area contributed by atoms with Crippen molar-refractivity contribution in [1.82, 2.24) is 25.2 Å². The monoisotopic (exact) mass is 471 g/mol. The molecule has 3 aromatic rings. The normalized spacial score (nSPS) is 17.0. The van der Waals surface area contributed by atoms with Gasteiger partial charge in [0.25, 0.3) is 5.91 Å². The molecular formula is C26H27N6O3. The molecule has 1 saturated heterocycles. The molecule has 1 unspecified atom stereocenters. The molecule has 35 heavy (non-hydrogen) atoms. The molecule has 2 aromatic heterocycles. The summed E-state index contributed by atoms with van der Waals surface area (Å²) in [7, 11) is 0. The highest BCUT2D eigenvalue weighted by Gasteiger charge is 2.24. The van der Waals surface area contributed by atoms with Crippen LogP contribution in [0.25, 0.3) is 17.3 Å². The number of carbonyl (C=O) groups is 1. The van der Waals surface area contributed by atoms with Crippen molar-refractivity contribution in [2.45, 2.75) is 24.9 Å². The smallest absolute Gasteiger partial charge is 0.281 e. The summed E-state index contributed by atoms with van der Waals surface area (Å²) < 4.78 is 0. The average Bonchev–Trinajstić information content (AvgIpc) is 2.90. The molecule has 9 nitrogen and oxygen atoms in total. The zero-order valence-electron chi connectivity index (χ0n) is 19.2. The minimum Gasteiger partial charge on any atom is -0.394 e. The Morgan fingerprint density at radius 3 is 2.57 bits per heavy atom. The quantitative estimate of drug-likeness (QED) is 0.480. The number of benzene rings is 1. The molecule has 9 heteroatoms. The second kappa shape index (κ2) is 10.3. The zero-order chi connectivity index (χ0) is 24.2. The summed E-state index contributed by atoms with van der Waals surface area (Å²) in [5, 5.41) is 26.0. The Hall–Kier alpha value is -3.66. The van der Waals surface area contributed by atoms with Gasteiger partial charge in [0.2, 0.25) is 0 Å². The number of β-amino-alcohol motifs (C(OH)–C–C–N with tert-alkyl or cyclic N) is 1. The van der Waals surface area contributed by atoms with Crippen LogP contribution in [0.4, 0.5) is 11.5 Å². The van der Waals surface area contributed by atoms with Gasteiger partial charge in [0.15, 0.2) is 0 Å². The first-order valence-electron chi connectivity index (χ1n) is 11.7. The van der Waals surface area contributed by atoms with Gasteiger partial charge in [-0.3, -0.25) is 4.79 Å². The summed E-state index contributed by atoms with van der Waals surface area (Å²) in [5.41, 5.74) is 4.70. The van der Waals surface area contributed by atoms with Gasteiger partial charge in [0.1, 0.15) is 12.1 Å². The lowest BCUT2D eigenvalue weighted by atomic mass is 9.89. The van der Waals surface area contributed by atoms with Crippen molar-refractivity contribution >= 4 is 23.5 Å². The molecule has 1 fully saturated rings. The molecule has 5 rings (SSSR count). The number of carbonyl (C=O) groups excluding carboxylic acids is 1. The number of nitrogens with zero attached hydrogens (tertiary/aromatic N) is 5. The van der Waals surface area contributed by atoms with Gasteiger partial charge in [-0.25, -0.2) is 20.3 Å². The zero-order valence-corrected chi connectivity index (χ0v) is 19.2. The summed E-state index contributed by atoms with van der Waals surface area (Å²) in [4.78, 5) is 27.6. The number of aliphatic hydroxyl groups excluding tert-OH is 2. The molecule has 1 radical (unpaired) electrons. The Bertz CT molecular complexity index is 1210. The number of aliphatic hydroxyl groups is 2. The topological polar surface area (TPSA) is 126 Å². The first-order valence-corrected chi connectivity index (χ1v) is 11.7. The van der Waals surface area contributed by atoms with Crippen molar-refractivity contribution in [2.24, 2.45) is 0 Å². The fraction of sp³-hybridized carbons (Fsp3) is 0.308. The SMILES string of the molecule is O=C1[N]C=Cc2cc(-c3cncnc3)nc(Nc3ccc(C4CCN(CC(O)CO)CC4)cc3)c21. The van der Waals surface area contributed by atoms with E-state index in [1.165, 1.54) is 18.1 Å². The van der Waals surface area contributed by atoms with E-state index in [0.717, 1.165) is 42.7 Å². The van der Waals surface area contributed by atoms with Crippen LogP contribution in [0.15, 0.2) is 55.3 Å². The van der Waals surface area contributed by atoms with Crippen LogP contribution < -0.4 is 10.6 Å². The molecule has 179 valence electrons. The molecule has 0 bridgehead atoms. The Labute approximate surface area is 203 Å². The molecule has 0 aliphatic carbocycles. The van der Waals surface area contributed by atoms with Crippen LogP contribution >= 0.6 is 0 Å². The maximum Gasteiger partial charge on any atom is 0.281 e. The lowest BCUT2D eigenvalue weighted by Gasteiger charge is -2.33. The molecule has 2 aliphatic rings. The molecular weight excluding hydrogens is 444 g/mol. The maximum atomic E-state index is 12.6. The number of nitrogens with one attached hydrogen (secondary N) is 1. The second-order valence-electron chi connectivity index (χ2n) is 8.86. The number of likely N-dealkylation sites (tertiary alicyclic amines) is 1. The summed E-state index contributed by atoms with van der Waals surface area (Å²) in [6, 6.07) is 10.1. The molecule has 2 aliphatic heterocycles. The van der Waals surface area contributed by atoms with Gasteiger partial charge in [0, 0.05) is 36.4 Å². The highest BCUT2D eigenvalue weighted by molar-refractivity contribution is 6.05. The number of pyridine rings is 1. The van der Waals surface area contributed by atoms with E-state index in [2.05, 4.69) is 37.6 Å². The van der Waals surface area contributed by atoms with Crippen molar-refractivity contribution in [3.05, 3.63) is 71.9 Å². The number of fused-ring (bicyclic) bond motifs is 1. The van der Waals surface area contributed by atoms with E-state index >= 15 is 0 Å². The predicted octanol–water partition coefficient (Wildman–Crippen LogP) is 2.54. The van der Waals surface area contributed by atoms with E-state index in [4.69, 9.17) is 10.1 Å². The summed E-state index contributed by atoms with van der Waals surface area (Å²) >= 11 is 0. The van der Waals surface area contributed by atoms with Crippen LogP contribution in [0.5, 0.6) is 0 Å². The van der Waals surface area contributed by atoms with Crippen LogP contribution in [0, 0.1) is 0 Å². The Kier molecular flexibility index (Phi) is 6.80. The fourth-order valence-corrected chi connectivity index (χ4v) is 4.62. The number of hydrogen-bond acceptors (Lipinski definition) is 8. The Balaban J connectivity index is 1.33. The van der Waals surface area contributed by atoms with Crippen LogP contribution in [-0.4, -0.2) is 68.3 Å². The predicted molar refractivity (Wildman–Crippen MR) is 132 cm³/mol. The van der Waals surface area contributed by atoms with E-state index in [0.29, 0.717) is 29.5 Å². The van der Waals surface area contributed by atoms with Crippen molar-refractivity contribution in [3.63, 3.8) is 0 Å². The van der Waals surface area contributed by atoms with Gasteiger partial charge in [-0.05, 0) is 67.3 Å². The lowest BCUT2D eigenvalue weighted by molar-refractivity contribution is 0.0513. The van der Waals surface area contributed by atoms with E-state index < -0.39 is 6.10 Å². The van der Waals surface area contributed by atoms with Crippen LogP contribution in [0.2, 0.25) is 0 Å². The standard InChI is InChI=1S/C26H27N6O3/c33-15-22(34)14-32-9-6-18(7-10-32)17-1-3-21(4-2-17)30-25-24-19(5-8-29-26(24)35)11-23(31-25)20-12-27-16-28-13-20/h1-5,8,11-13,16,18,22,33-34H,6-7,9-10,14-15H2,(H,30,31). The van der Waals surface area contributed by atoms with Gasteiger partial charge >= 0.3 is 0 Å². The summed E-state index contributed by atoms with van der Waals surface area (Å²) in [6.07, 6.45) is 9.47. The molecule has 1 aromatic carbocycles. The van der Waals surface area contributed by atoms with Gasteiger partial charge < -0.3 is 20.4 Å². The van der Waals surface area contributed by atoms with Crippen LogP contribution in [-0.2, 0) is 0 Å². The molecule has 1 amide bonds. The van der Waals surface area contributed by atoms with Gasteiger partial charge in [-0.15, -0.1) is 0 Å². The number of amides is 1. The highest BCUT2D eigenvalue weighted by atomic mass is 16.3. The molecule has 1 atom stereocenters. The first-order chi connectivity index (χ1) is 17.1. The lowest BCUT2D eigenvalue weighted by Crippen LogP contribution is -2.39. The fourth-order valence-electron chi connectivity index (χ4n) is 4.62.